The zero-order valence-electron chi connectivity index (χ0n) is 15.5. The molecular weight excluding hydrogens is 320 g/mol. The van der Waals surface area contributed by atoms with E-state index < -0.39 is 23.2 Å². The maximum atomic E-state index is 12.6. The molecule has 0 bridgehead atoms. The van der Waals surface area contributed by atoms with E-state index in [1.165, 1.54) is 0 Å². The molecule has 5 heteroatoms. The molecule has 1 saturated heterocycles. The minimum Gasteiger partial charge on any atom is -0.466 e. The zero-order valence-corrected chi connectivity index (χ0v) is 15.5. The van der Waals surface area contributed by atoms with E-state index in [1.807, 2.05) is 13.8 Å². The summed E-state index contributed by atoms with van der Waals surface area (Å²) in [6, 6.07) is 0. The van der Waals surface area contributed by atoms with Gasteiger partial charge in [-0.05, 0) is 45.1 Å². The van der Waals surface area contributed by atoms with Crippen LogP contribution in [-0.4, -0.2) is 22.8 Å². The summed E-state index contributed by atoms with van der Waals surface area (Å²) in [6.07, 6.45) is 3.96. The Morgan fingerprint density at radius 1 is 1.44 bits per heavy atom. The molecule has 6 atom stereocenters. The van der Waals surface area contributed by atoms with Crippen LogP contribution in [0.2, 0.25) is 0 Å². The summed E-state index contributed by atoms with van der Waals surface area (Å²) in [5.41, 5.74) is 1.05. The maximum absolute atomic E-state index is 12.6. The van der Waals surface area contributed by atoms with Gasteiger partial charge in [0.2, 0.25) is 0 Å². The van der Waals surface area contributed by atoms with E-state index in [0.717, 1.165) is 24.0 Å². The highest BCUT2D eigenvalue weighted by atomic mass is 16.6. The number of allylic oxidation sites excluding steroid dienone is 1. The van der Waals surface area contributed by atoms with Crippen LogP contribution in [0.5, 0.6) is 0 Å². The van der Waals surface area contributed by atoms with Gasteiger partial charge in [-0.15, -0.1) is 0 Å². The lowest BCUT2D eigenvalue weighted by Crippen LogP contribution is -2.56. The molecule has 1 saturated carbocycles. The Balaban J connectivity index is 1.88. The van der Waals surface area contributed by atoms with Gasteiger partial charge in [0.15, 0.2) is 0 Å². The van der Waals surface area contributed by atoms with Gasteiger partial charge in [0.1, 0.15) is 23.6 Å². The van der Waals surface area contributed by atoms with Crippen LogP contribution in [0.3, 0.4) is 0 Å². The molecule has 1 aliphatic heterocycles. The van der Waals surface area contributed by atoms with Gasteiger partial charge in [0, 0.05) is 16.6 Å². The van der Waals surface area contributed by atoms with Crippen molar-refractivity contribution in [3.8, 4) is 0 Å². The Hall–Kier alpha value is -1.59. The summed E-state index contributed by atoms with van der Waals surface area (Å²) < 4.78 is 17.8. The number of aryl methyl sites for hydroxylation is 1. The molecule has 4 rings (SSSR count). The molecule has 1 spiro atoms. The van der Waals surface area contributed by atoms with Crippen molar-refractivity contribution in [3.05, 3.63) is 34.8 Å². The lowest BCUT2D eigenvalue weighted by atomic mass is 9.53. The van der Waals surface area contributed by atoms with Gasteiger partial charge in [-0.25, -0.2) is 4.79 Å². The zero-order chi connectivity index (χ0) is 18.1. The highest BCUT2D eigenvalue weighted by molar-refractivity contribution is 5.88. The standard InChI is InChI=1S/C20H26O5/c1-6-10(2)18(22)24-17-14-11(3)9-23-15(14)16(21)20-13(25-20)8-7-12(4)19(17,20)5/h6,9,12-13,16-17,21H,7-8H2,1-5H3. The number of rotatable bonds is 2. The summed E-state index contributed by atoms with van der Waals surface area (Å²) >= 11 is 0. The van der Waals surface area contributed by atoms with Crippen LogP contribution in [0.1, 0.15) is 69.6 Å². The van der Waals surface area contributed by atoms with E-state index in [1.54, 1.807) is 19.3 Å². The fourth-order valence-electron chi connectivity index (χ4n) is 5.05. The third-order valence-corrected chi connectivity index (χ3v) is 6.98. The van der Waals surface area contributed by atoms with Crippen LogP contribution in [-0.2, 0) is 14.3 Å². The molecular formula is C20H26O5. The number of carbonyl (C=O) groups is 1. The fourth-order valence-corrected chi connectivity index (χ4v) is 5.05. The molecule has 6 unspecified atom stereocenters. The van der Waals surface area contributed by atoms with Gasteiger partial charge in [0.05, 0.1) is 12.4 Å². The van der Waals surface area contributed by atoms with Gasteiger partial charge in [-0.3, -0.25) is 0 Å². The number of furan rings is 1. The first-order chi connectivity index (χ1) is 11.8. The van der Waals surface area contributed by atoms with Crippen molar-refractivity contribution in [1.29, 1.82) is 0 Å². The van der Waals surface area contributed by atoms with Crippen molar-refractivity contribution in [2.45, 2.75) is 71.4 Å². The van der Waals surface area contributed by atoms with Crippen LogP contribution in [0.25, 0.3) is 0 Å². The van der Waals surface area contributed by atoms with Gasteiger partial charge in [-0.1, -0.05) is 19.9 Å². The second-order valence-corrected chi connectivity index (χ2v) is 8.02. The minimum atomic E-state index is -0.827. The summed E-state index contributed by atoms with van der Waals surface area (Å²) in [7, 11) is 0. The lowest BCUT2D eigenvalue weighted by molar-refractivity contribution is -0.176. The third kappa shape index (κ3) is 1.88. The summed E-state index contributed by atoms with van der Waals surface area (Å²) in [5.74, 6) is 0.399. The van der Waals surface area contributed by atoms with Crippen molar-refractivity contribution in [1.82, 2.24) is 0 Å². The number of hydrogen-bond acceptors (Lipinski definition) is 5. The molecule has 1 aromatic rings. The molecule has 2 heterocycles. The molecule has 0 amide bonds. The average Bonchev–Trinajstić information content (AvgIpc) is 3.23. The monoisotopic (exact) mass is 346 g/mol. The quantitative estimate of drug-likeness (QED) is 0.501. The number of hydrogen-bond donors (Lipinski definition) is 1. The molecule has 0 aromatic carbocycles. The summed E-state index contributed by atoms with van der Waals surface area (Å²) in [5, 5.41) is 11.1. The summed E-state index contributed by atoms with van der Waals surface area (Å²) in [6.45, 7) is 9.76. The first-order valence-corrected chi connectivity index (χ1v) is 9.06. The Bertz CT molecular complexity index is 762. The first-order valence-electron chi connectivity index (χ1n) is 9.06. The third-order valence-electron chi connectivity index (χ3n) is 6.98. The smallest absolute Gasteiger partial charge is 0.334 e. The minimum absolute atomic E-state index is 0.00808. The molecule has 3 aliphatic rings. The molecule has 2 aliphatic carbocycles. The Labute approximate surface area is 148 Å². The number of fused-ring (bicyclic) bond motifs is 1. The number of esters is 1. The largest absolute Gasteiger partial charge is 0.466 e. The van der Waals surface area contributed by atoms with Crippen molar-refractivity contribution >= 4 is 5.97 Å². The van der Waals surface area contributed by atoms with Crippen molar-refractivity contribution in [2.75, 3.05) is 0 Å². The van der Waals surface area contributed by atoms with Crippen LogP contribution >= 0.6 is 0 Å². The van der Waals surface area contributed by atoms with E-state index in [4.69, 9.17) is 13.9 Å². The van der Waals surface area contributed by atoms with Crippen molar-refractivity contribution in [2.24, 2.45) is 11.3 Å². The van der Waals surface area contributed by atoms with E-state index in [0.29, 0.717) is 11.3 Å². The first kappa shape index (κ1) is 16.9. The lowest BCUT2D eigenvalue weighted by Gasteiger charge is -2.52. The average molecular weight is 346 g/mol. The van der Waals surface area contributed by atoms with Gasteiger partial charge in [-0.2, -0.15) is 0 Å². The molecule has 1 aromatic heterocycles. The SMILES string of the molecule is CC=C(C)C(=O)OC1c2c(C)coc2C(O)C23OC2CCC(C)C13C. The second-order valence-electron chi connectivity index (χ2n) is 8.02. The number of epoxide rings is 1. The van der Waals surface area contributed by atoms with E-state index >= 15 is 0 Å². The number of aliphatic hydroxyl groups is 1. The number of aliphatic hydroxyl groups excluding tert-OH is 1. The van der Waals surface area contributed by atoms with E-state index in [-0.39, 0.29) is 18.0 Å². The predicted octanol–water partition coefficient (Wildman–Crippen LogP) is 3.76. The normalized spacial score (nSPS) is 42.2. The van der Waals surface area contributed by atoms with Gasteiger partial charge >= 0.3 is 5.97 Å². The molecule has 1 N–H and O–H groups in total. The molecule has 5 nitrogen and oxygen atoms in total. The topological polar surface area (TPSA) is 72.2 Å². The molecule has 136 valence electrons. The van der Waals surface area contributed by atoms with Gasteiger partial charge < -0.3 is 19.0 Å². The predicted molar refractivity (Wildman–Crippen MR) is 90.8 cm³/mol. The van der Waals surface area contributed by atoms with Crippen molar-refractivity contribution in [3.63, 3.8) is 0 Å². The maximum Gasteiger partial charge on any atom is 0.334 e. The second kappa shape index (κ2) is 5.21. The van der Waals surface area contributed by atoms with E-state index in [9.17, 15) is 9.90 Å². The van der Waals surface area contributed by atoms with Gasteiger partial charge in [0.25, 0.3) is 0 Å². The fraction of sp³-hybridized carbons (Fsp3) is 0.650. The molecule has 0 radical (unpaired) electrons. The van der Waals surface area contributed by atoms with Crippen LogP contribution in [0.4, 0.5) is 0 Å². The highest BCUT2D eigenvalue weighted by Crippen LogP contribution is 2.73. The Morgan fingerprint density at radius 3 is 2.84 bits per heavy atom. The highest BCUT2D eigenvalue weighted by Gasteiger charge is 2.79. The van der Waals surface area contributed by atoms with Crippen LogP contribution < -0.4 is 0 Å². The number of carbonyl (C=O) groups excluding carboxylic acids is 1. The molecule has 25 heavy (non-hydrogen) atoms. The molecule has 2 fully saturated rings. The Morgan fingerprint density at radius 2 is 2.16 bits per heavy atom. The van der Waals surface area contributed by atoms with Crippen LogP contribution in [0.15, 0.2) is 22.3 Å². The number of ether oxygens (including phenoxy) is 2. The van der Waals surface area contributed by atoms with Crippen LogP contribution in [0, 0.1) is 18.3 Å². The Kier molecular flexibility index (Phi) is 3.51. The van der Waals surface area contributed by atoms with E-state index in [2.05, 4.69) is 13.8 Å². The van der Waals surface area contributed by atoms with Crippen molar-refractivity contribution < 1.29 is 23.8 Å². The summed E-state index contributed by atoms with van der Waals surface area (Å²) in [4.78, 5) is 12.6.